The predicted octanol–water partition coefficient (Wildman–Crippen LogP) is 3.16. The lowest BCUT2D eigenvalue weighted by atomic mass is 9.80. The Labute approximate surface area is 99.5 Å². The number of hydrogen-bond acceptors (Lipinski definition) is 3. The minimum absolute atomic E-state index is 0.283. The van der Waals surface area contributed by atoms with E-state index in [2.05, 4.69) is 18.5 Å². The zero-order valence-corrected chi connectivity index (χ0v) is 11.2. The first-order chi connectivity index (χ1) is 7.75. The van der Waals surface area contributed by atoms with Gasteiger partial charge in [0.05, 0.1) is 12.7 Å². The summed E-state index contributed by atoms with van der Waals surface area (Å²) < 4.78 is 14.4. The van der Waals surface area contributed by atoms with Crippen LogP contribution in [0.15, 0.2) is 0 Å². The molecule has 16 heavy (non-hydrogen) atoms. The van der Waals surface area contributed by atoms with Crippen LogP contribution < -0.4 is 0 Å². The molecule has 0 amide bonds. The number of hydrogen-bond donors (Lipinski definition) is 0. The Morgan fingerprint density at radius 2 is 2.12 bits per heavy atom. The summed E-state index contributed by atoms with van der Waals surface area (Å²) in [4.78, 5) is 0. The summed E-state index contributed by atoms with van der Waals surface area (Å²) >= 11 is 0. The minimum atomic E-state index is -0.743. The van der Waals surface area contributed by atoms with Crippen molar-refractivity contribution in [2.45, 2.75) is 51.7 Å². The second-order valence-electron chi connectivity index (χ2n) is 5.59. The predicted molar refractivity (Wildman–Crippen MR) is 65.0 cm³/mol. The fourth-order valence-electron chi connectivity index (χ4n) is 3.44. The molecule has 3 rings (SSSR count). The van der Waals surface area contributed by atoms with Crippen molar-refractivity contribution in [2.75, 3.05) is 13.2 Å². The highest BCUT2D eigenvalue weighted by Gasteiger charge is 2.50. The van der Waals surface area contributed by atoms with E-state index in [9.17, 15) is 0 Å². The largest absolute Gasteiger partial charge is 0.322 e. The Hall–Kier alpha value is 0.310. The van der Waals surface area contributed by atoms with Crippen LogP contribution in [0.5, 0.6) is 0 Å². The summed E-state index contributed by atoms with van der Waals surface area (Å²) in [6.45, 7) is 6.38. The van der Waals surface area contributed by atoms with E-state index >= 15 is 0 Å². The van der Waals surface area contributed by atoms with Crippen LogP contribution in [-0.4, -0.2) is 30.0 Å². The van der Waals surface area contributed by atoms with E-state index in [0.717, 1.165) is 24.5 Å². The summed E-state index contributed by atoms with van der Waals surface area (Å²) in [6.07, 6.45) is 5.89. The fraction of sp³-hybridized carbons (Fsp3) is 1.00. The average Bonchev–Trinajstić information content (AvgIpc) is 2.58. The zero-order chi connectivity index (χ0) is 11.1. The molecule has 2 heterocycles. The van der Waals surface area contributed by atoms with Crippen LogP contribution >= 0.6 is 8.53 Å². The van der Waals surface area contributed by atoms with Gasteiger partial charge >= 0.3 is 0 Å². The van der Waals surface area contributed by atoms with Crippen molar-refractivity contribution >= 4 is 8.53 Å². The molecule has 1 aliphatic carbocycles. The fourth-order valence-corrected chi connectivity index (χ4v) is 5.32. The second kappa shape index (κ2) is 4.53. The Morgan fingerprint density at radius 3 is 2.94 bits per heavy atom. The zero-order valence-electron chi connectivity index (χ0n) is 10.3. The smallest absolute Gasteiger partial charge is 0.259 e. The standard InChI is InChI=1S/C12H22NO2P/c1-9(2)15-16-13-7-10(8-14-16)11-5-3-4-6-12(11)13/h9-12H,3-8H2,1-2H3/t10-,11?,12+,16?/m1/s1. The molecule has 3 aliphatic rings. The van der Waals surface area contributed by atoms with Gasteiger partial charge in [-0.1, -0.05) is 12.8 Å². The summed E-state index contributed by atoms with van der Waals surface area (Å²) in [6, 6.07) is 0.770. The normalized spacial score (nSPS) is 47.1. The minimum Gasteiger partial charge on any atom is -0.322 e. The molecule has 1 saturated carbocycles. The highest BCUT2D eigenvalue weighted by atomic mass is 31.2. The van der Waals surface area contributed by atoms with Crippen molar-refractivity contribution in [3.63, 3.8) is 0 Å². The SMILES string of the molecule is CC(C)OP1OC[C@H]2CN1[C@H]1CCCCC21. The second-order valence-corrected chi connectivity index (χ2v) is 7.04. The maximum Gasteiger partial charge on any atom is 0.259 e. The maximum atomic E-state index is 5.94. The van der Waals surface area contributed by atoms with E-state index in [-0.39, 0.29) is 6.10 Å². The third kappa shape index (κ3) is 1.92. The lowest BCUT2D eigenvalue weighted by Crippen LogP contribution is -2.32. The molecular formula is C12H22NO2P. The molecule has 92 valence electrons. The van der Waals surface area contributed by atoms with E-state index in [0.29, 0.717) is 0 Å². The number of nitrogens with zero attached hydrogens (tertiary/aromatic N) is 1. The summed E-state index contributed by atoms with van der Waals surface area (Å²) in [5.74, 6) is 1.69. The molecule has 0 aromatic rings. The third-order valence-electron chi connectivity index (χ3n) is 4.10. The third-order valence-corrected chi connectivity index (χ3v) is 5.95. The first kappa shape index (κ1) is 11.4. The van der Waals surface area contributed by atoms with Gasteiger partial charge in [-0.25, -0.2) is 4.67 Å². The molecule has 2 aliphatic heterocycles. The lowest BCUT2D eigenvalue weighted by molar-refractivity contribution is 0.135. The van der Waals surface area contributed by atoms with Gasteiger partial charge in [0.25, 0.3) is 8.53 Å². The lowest BCUT2D eigenvalue weighted by Gasteiger charge is -2.35. The molecule has 3 nitrogen and oxygen atoms in total. The van der Waals surface area contributed by atoms with Crippen LogP contribution in [-0.2, 0) is 9.05 Å². The Balaban J connectivity index is 1.73. The van der Waals surface area contributed by atoms with Crippen molar-refractivity contribution in [1.82, 2.24) is 4.67 Å². The molecule has 0 aromatic carbocycles. The van der Waals surface area contributed by atoms with E-state index in [1.807, 2.05) is 0 Å². The molecule has 2 saturated heterocycles. The van der Waals surface area contributed by atoms with Gasteiger partial charge in [0.1, 0.15) is 0 Å². The van der Waals surface area contributed by atoms with Gasteiger partial charge in [0, 0.05) is 18.5 Å². The van der Waals surface area contributed by atoms with E-state index in [1.54, 1.807) is 0 Å². The summed E-state index contributed by atoms with van der Waals surface area (Å²) in [5.41, 5.74) is 0. The number of rotatable bonds is 2. The highest BCUT2D eigenvalue weighted by Crippen LogP contribution is 2.58. The molecule has 5 atom stereocenters. The number of fused-ring (bicyclic) bond motifs is 5. The van der Waals surface area contributed by atoms with E-state index in [1.165, 1.54) is 32.2 Å². The van der Waals surface area contributed by atoms with Gasteiger partial charge in [-0.05, 0) is 32.6 Å². The Kier molecular flexibility index (Phi) is 3.23. The quantitative estimate of drug-likeness (QED) is 0.695. The van der Waals surface area contributed by atoms with Crippen molar-refractivity contribution in [2.24, 2.45) is 11.8 Å². The summed E-state index contributed by atoms with van der Waals surface area (Å²) in [7, 11) is -0.743. The van der Waals surface area contributed by atoms with Gasteiger partial charge in [-0.3, -0.25) is 0 Å². The van der Waals surface area contributed by atoms with Crippen LogP contribution in [0.3, 0.4) is 0 Å². The van der Waals surface area contributed by atoms with Gasteiger partial charge < -0.3 is 9.05 Å². The van der Waals surface area contributed by atoms with E-state index in [4.69, 9.17) is 9.05 Å². The van der Waals surface area contributed by atoms with Crippen LogP contribution in [0.2, 0.25) is 0 Å². The molecular weight excluding hydrogens is 221 g/mol. The van der Waals surface area contributed by atoms with Crippen LogP contribution in [0.1, 0.15) is 39.5 Å². The molecule has 0 spiro atoms. The molecule has 3 fully saturated rings. The van der Waals surface area contributed by atoms with Crippen molar-refractivity contribution < 1.29 is 9.05 Å². The van der Waals surface area contributed by atoms with Gasteiger partial charge in [0.2, 0.25) is 0 Å². The summed E-state index contributed by atoms with van der Waals surface area (Å²) in [5, 5.41) is 0. The monoisotopic (exact) mass is 243 g/mol. The van der Waals surface area contributed by atoms with E-state index < -0.39 is 8.53 Å². The van der Waals surface area contributed by atoms with Crippen LogP contribution in [0, 0.1) is 11.8 Å². The Morgan fingerprint density at radius 1 is 1.31 bits per heavy atom. The maximum absolute atomic E-state index is 5.94. The molecule has 2 bridgehead atoms. The average molecular weight is 243 g/mol. The van der Waals surface area contributed by atoms with Crippen LogP contribution in [0.4, 0.5) is 0 Å². The van der Waals surface area contributed by atoms with Crippen molar-refractivity contribution in [3.05, 3.63) is 0 Å². The van der Waals surface area contributed by atoms with Crippen LogP contribution in [0.25, 0.3) is 0 Å². The molecule has 0 aromatic heterocycles. The molecule has 0 N–H and O–H groups in total. The van der Waals surface area contributed by atoms with Crippen molar-refractivity contribution in [3.8, 4) is 0 Å². The van der Waals surface area contributed by atoms with Gasteiger partial charge in [-0.2, -0.15) is 0 Å². The first-order valence-corrected chi connectivity index (χ1v) is 7.75. The topological polar surface area (TPSA) is 21.7 Å². The highest BCUT2D eigenvalue weighted by molar-refractivity contribution is 7.44. The van der Waals surface area contributed by atoms with Gasteiger partial charge in [0.15, 0.2) is 0 Å². The molecule has 0 radical (unpaired) electrons. The molecule has 4 heteroatoms. The first-order valence-electron chi connectivity index (χ1n) is 6.62. The Bertz CT molecular complexity index is 261. The van der Waals surface area contributed by atoms with Gasteiger partial charge in [-0.15, -0.1) is 0 Å². The molecule has 3 unspecified atom stereocenters. The van der Waals surface area contributed by atoms with Crippen molar-refractivity contribution in [1.29, 1.82) is 0 Å².